The van der Waals surface area contributed by atoms with Gasteiger partial charge in [-0.05, 0) is 5.56 Å². The average molecular weight is 270 g/mol. The van der Waals surface area contributed by atoms with Gasteiger partial charge in [0.1, 0.15) is 5.65 Å². The van der Waals surface area contributed by atoms with Crippen LogP contribution in [0.4, 0.5) is 5.95 Å². The molecule has 2 aromatic heterocycles. The molecule has 6 nitrogen and oxygen atoms in total. The molecular formula is C14H14N4O2. The molecule has 1 aromatic carbocycles. The van der Waals surface area contributed by atoms with Crippen molar-refractivity contribution in [2.24, 2.45) is 0 Å². The molecule has 0 bridgehead atoms. The molecular weight excluding hydrogens is 256 g/mol. The van der Waals surface area contributed by atoms with Crippen LogP contribution in [-0.4, -0.2) is 15.0 Å². The van der Waals surface area contributed by atoms with Crippen LogP contribution >= 0.6 is 0 Å². The summed E-state index contributed by atoms with van der Waals surface area (Å²) in [5.74, 6) is 0.0982. The van der Waals surface area contributed by atoms with Gasteiger partial charge in [0.15, 0.2) is 0 Å². The third-order valence-electron chi connectivity index (χ3n) is 3.01. The minimum absolute atomic E-state index is 0.0982. The standard InChI is InChI=1S/C14H14N4O2/c15-14-17-12-11(13(19)18-14)10(6-16-12)8-20-7-9-4-2-1-3-5-9/h1-6H,7-8H2,(H4,15,16,17,18,19). The van der Waals surface area contributed by atoms with Crippen molar-refractivity contribution < 1.29 is 4.74 Å². The predicted molar refractivity (Wildman–Crippen MR) is 76.1 cm³/mol. The first kappa shape index (κ1) is 12.4. The lowest BCUT2D eigenvalue weighted by Gasteiger charge is -2.03. The second-order valence-corrected chi connectivity index (χ2v) is 4.47. The van der Waals surface area contributed by atoms with Crippen LogP contribution in [0.15, 0.2) is 41.3 Å². The highest BCUT2D eigenvalue weighted by molar-refractivity contribution is 5.79. The molecule has 0 fully saturated rings. The van der Waals surface area contributed by atoms with E-state index in [-0.39, 0.29) is 11.5 Å². The Bertz CT molecular complexity index is 777. The first-order valence-electron chi connectivity index (χ1n) is 6.21. The number of anilines is 1. The van der Waals surface area contributed by atoms with Crippen LogP contribution < -0.4 is 11.3 Å². The summed E-state index contributed by atoms with van der Waals surface area (Å²) in [6, 6.07) is 9.86. The lowest BCUT2D eigenvalue weighted by Crippen LogP contribution is -2.11. The number of aromatic amines is 2. The van der Waals surface area contributed by atoms with Gasteiger partial charge in [0, 0.05) is 11.8 Å². The summed E-state index contributed by atoms with van der Waals surface area (Å²) in [7, 11) is 0. The second kappa shape index (κ2) is 5.18. The van der Waals surface area contributed by atoms with Crippen molar-refractivity contribution in [2.45, 2.75) is 13.2 Å². The van der Waals surface area contributed by atoms with E-state index in [4.69, 9.17) is 10.5 Å². The minimum atomic E-state index is -0.257. The molecule has 0 atom stereocenters. The van der Waals surface area contributed by atoms with Gasteiger partial charge >= 0.3 is 0 Å². The van der Waals surface area contributed by atoms with Gasteiger partial charge in [-0.1, -0.05) is 30.3 Å². The zero-order valence-corrected chi connectivity index (χ0v) is 10.7. The number of hydrogen-bond donors (Lipinski definition) is 3. The number of aromatic nitrogens is 3. The number of ether oxygens (including phenoxy) is 1. The van der Waals surface area contributed by atoms with E-state index in [1.807, 2.05) is 30.3 Å². The highest BCUT2D eigenvalue weighted by Crippen LogP contribution is 2.14. The number of hydrogen-bond acceptors (Lipinski definition) is 4. The molecule has 6 heteroatoms. The Morgan fingerprint density at radius 3 is 2.80 bits per heavy atom. The van der Waals surface area contributed by atoms with Crippen molar-refractivity contribution in [3.05, 3.63) is 58.0 Å². The third kappa shape index (κ3) is 2.41. The Balaban J connectivity index is 1.77. The molecule has 0 radical (unpaired) electrons. The van der Waals surface area contributed by atoms with Crippen molar-refractivity contribution in [3.63, 3.8) is 0 Å². The number of nitrogens with zero attached hydrogens (tertiary/aromatic N) is 1. The number of rotatable bonds is 4. The molecule has 0 saturated carbocycles. The van der Waals surface area contributed by atoms with Gasteiger partial charge in [0.05, 0.1) is 18.6 Å². The third-order valence-corrected chi connectivity index (χ3v) is 3.01. The second-order valence-electron chi connectivity index (χ2n) is 4.47. The minimum Gasteiger partial charge on any atom is -0.372 e. The van der Waals surface area contributed by atoms with Crippen molar-refractivity contribution in [2.75, 3.05) is 5.73 Å². The lowest BCUT2D eigenvalue weighted by atomic mass is 10.2. The van der Waals surface area contributed by atoms with Gasteiger partial charge < -0.3 is 15.5 Å². The maximum atomic E-state index is 11.9. The maximum Gasteiger partial charge on any atom is 0.262 e. The topological polar surface area (TPSA) is 96.8 Å². The zero-order valence-electron chi connectivity index (χ0n) is 10.7. The van der Waals surface area contributed by atoms with E-state index in [0.29, 0.717) is 24.2 Å². The van der Waals surface area contributed by atoms with Gasteiger partial charge in [-0.15, -0.1) is 0 Å². The molecule has 102 valence electrons. The first-order valence-corrected chi connectivity index (χ1v) is 6.21. The zero-order chi connectivity index (χ0) is 13.9. The van der Waals surface area contributed by atoms with Crippen LogP contribution in [-0.2, 0) is 18.0 Å². The molecule has 0 aliphatic heterocycles. The van der Waals surface area contributed by atoms with Gasteiger partial charge in [-0.25, -0.2) is 0 Å². The Morgan fingerprint density at radius 2 is 2.00 bits per heavy atom. The SMILES string of the molecule is Nc1nc2[nH]cc(COCc3ccccc3)c2c(=O)[nH]1. The average Bonchev–Trinajstić information content (AvgIpc) is 2.83. The van der Waals surface area contributed by atoms with Crippen molar-refractivity contribution in [1.82, 2.24) is 15.0 Å². The number of nitrogens with two attached hydrogens (primary N) is 1. The summed E-state index contributed by atoms with van der Waals surface area (Å²) < 4.78 is 5.63. The van der Waals surface area contributed by atoms with Gasteiger partial charge in [0.2, 0.25) is 5.95 Å². The summed E-state index contributed by atoms with van der Waals surface area (Å²) in [4.78, 5) is 21.3. The van der Waals surface area contributed by atoms with E-state index in [2.05, 4.69) is 15.0 Å². The molecule has 4 N–H and O–H groups in total. The van der Waals surface area contributed by atoms with Crippen LogP contribution in [0, 0.1) is 0 Å². The summed E-state index contributed by atoms with van der Waals surface area (Å²) >= 11 is 0. The molecule has 0 aliphatic carbocycles. The highest BCUT2D eigenvalue weighted by Gasteiger charge is 2.10. The van der Waals surface area contributed by atoms with E-state index in [1.165, 1.54) is 0 Å². The number of nitrogens with one attached hydrogen (secondary N) is 2. The van der Waals surface area contributed by atoms with Crippen LogP contribution in [0.3, 0.4) is 0 Å². The van der Waals surface area contributed by atoms with E-state index in [0.717, 1.165) is 11.1 Å². The van der Waals surface area contributed by atoms with Crippen molar-refractivity contribution in [1.29, 1.82) is 0 Å². The summed E-state index contributed by atoms with van der Waals surface area (Å²) in [6.45, 7) is 0.831. The van der Waals surface area contributed by atoms with Crippen LogP contribution in [0.1, 0.15) is 11.1 Å². The molecule has 3 aromatic rings. The quantitative estimate of drug-likeness (QED) is 0.670. The summed E-state index contributed by atoms with van der Waals surface area (Å²) in [6.07, 6.45) is 1.72. The Morgan fingerprint density at radius 1 is 1.20 bits per heavy atom. The number of benzene rings is 1. The number of fused-ring (bicyclic) bond motifs is 1. The maximum absolute atomic E-state index is 11.9. The van der Waals surface area contributed by atoms with Crippen molar-refractivity contribution >= 4 is 17.0 Å². The van der Waals surface area contributed by atoms with Crippen LogP contribution in [0.25, 0.3) is 11.0 Å². The monoisotopic (exact) mass is 270 g/mol. The molecule has 2 heterocycles. The lowest BCUT2D eigenvalue weighted by molar-refractivity contribution is 0.108. The Hall–Kier alpha value is -2.60. The smallest absolute Gasteiger partial charge is 0.262 e. The van der Waals surface area contributed by atoms with Crippen molar-refractivity contribution in [3.8, 4) is 0 Å². The van der Waals surface area contributed by atoms with Crippen LogP contribution in [0.5, 0.6) is 0 Å². The van der Waals surface area contributed by atoms with E-state index in [9.17, 15) is 4.79 Å². The fraction of sp³-hybridized carbons (Fsp3) is 0.143. The Labute approximate surface area is 114 Å². The summed E-state index contributed by atoms with van der Waals surface area (Å²) in [5.41, 5.74) is 7.57. The number of nitrogen functional groups attached to an aromatic ring is 1. The molecule has 3 rings (SSSR count). The van der Waals surface area contributed by atoms with Crippen LogP contribution in [0.2, 0.25) is 0 Å². The molecule has 0 amide bonds. The number of H-pyrrole nitrogens is 2. The van der Waals surface area contributed by atoms with Gasteiger partial charge in [0.25, 0.3) is 5.56 Å². The Kier molecular flexibility index (Phi) is 3.22. The fourth-order valence-electron chi connectivity index (χ4n) is 2.09. The molecule has 20 heavy (non-hydrogen) atoms. The van der Waals surface area contributed by atoms with Gasteiger partial charge in [-0.3, -0.25) is 9.78 Å². The molecule has 0 aliphatic rings. The predicted octanol–water partition coefficient (Wildman–Crippen LogP) is 1.55. The largest absolute Gasteiger partial charge is 0.372 e. The normalized spacial score (nSPS) is 11.0. The molecule has 0 unspecified atom stereocenters. The highest BCUT2D eigenvalue weighted by atomic mass is 16.5. The van der Waals surface area contributed by atoms with E-state index in [1.54, 1.807) is 6.20 Å². The fourth-order valence-corrected chi connectivity index (χ4v) is 2.09. The summed E-state index contributed by atoms with van der Waals surface area (Å²) in [5, 5.41) is 0.493. The van der Waals surface area contributed by atoms with E-state index < -0.39 is 0 Å². The first-order chi connectivity index (χ1) is 9.74. The van der Waals surface area contributed by atoms with Gasteiger partial charge in [-0.2, -0.15) is 4.98 Å². The van der Waals surface area contributed by atoms with E-state index >= 15 is 0 Å². The molecule has 0 saturated heterocycles. The molecule has 0 spiro atoms.